The Morgan fingerprint density at radius 2 is 1.90 bits per heavy atom. The zero-order chi connectivity index (χ0) is 15.6. The maximum atomic E-state index is 14.0. The van der Waals surface area contributed by atoms with Crippen molar-refractivity contribution < 1.29 is 4.39 Å². The number of hydrogen-bond donors (Lipinski definition) is 2. The van der Waals surface area contributed by atoms with Crippen molar-refractivity contribution in [2.45, 2.75) is 19.9 Å². The van der Waals surface area contributed by atoms with Gasteiger partial charge in [-0.25, -0.2) is 4.39 Å². The summed E-state index contributed by atoms with van der Waals surface area (Å²) in [6, 6.07) is 8.26. The molecule has 2 nitrogen and oxygen atoms in total. The maximum Gasteiger partial charge on any atom is 0.130 e. The van der Waals surface area contributed by atoms with Crippen molar-refractivity contribution in [2.24, 2.45) is 5.73 Å². The van der Waals surface area contributed by atoms with Gasteiger partial charge in [-0.15, -0.1) is 0 Å². The summed E-state index contributed by atoms with van der Waals surface area (Å²) in [5.74, 6) is -0.351. The predicted molar refractivity (Wildman–Crippen MR) is 90.4 cm³/mol. The lowest BCUT2D eigenvalue weighted by molar-refractivity contribution is 0.593. The standard InChI is InChI=1S/C16H17BrClFN2/c1-9-6-11(7-10(2)16(9)17)21-14(8-20)15-12(18)4-3-5-13(15)19/h3-7,14,21H,8,20H2,1-2H3. The second-order valence-corrected chi connectivity index (χ2v) is 6.19. The minimum Gasteiger partial charge on any atom is -0.377 e. The molecule has 3 N–H and O–H groups in total. The van der Waals surface area contributed by atoms with Crippen molar-refractivity contribution in [1.29, 1.82) is 0 Å². The molecule has 2 aromatic carbocycles. The van der Waals surface area contributed by atoms with Gasteiger partial charge in [-0.2, -0.15) is 0 Å². The van der Waals surface area contributed by atoms with Gasteiger partial charge >= 0.3 is 0 Å². The van der Waals surface area contributed by atoms with E-state index in [1.807, 2.05) is 26.0 Å². The van der Waals surface area contributed by atoms with E-state index in [1.165, 1.54) is 6.07 Å². The number of halogens is 3. The lowest BCUT2D eigenvalue weighted by Gasteiger charge is -2.21. The molecule has 1 atom stereocenters. The summed E-state index contributed by atoms with van der Waals surface area (Å²) < 4.78 is 15.1. The van der Waals surface area contributed by atoms with Crippen LogP contribution in [0.2, 0.25) is 5.02 Å². The average Bonchev–Trinajstić information content (AvgIpc) is 2.43. The molecule has 0 heterocycles. The first-order chi connectivity index (χ1) is 9.93. The molecule has 0 fully saturated rings. The molecule has 0 aliphatic carbocycles. The number of nitrogens with one attached hydrogen (secondary N) is 1. The quantitative estimate of drug-likeness (QED) is 0.796. The van der Waals surface area contributed by atoms with E-state index >= 15 is 0 Å². The van der Waals surface area contributed by atoms with Gasteiger partial charge in [0.15, 0.2) is 0 Å². The summed E-state index contributed by atoms with van der Waals surface area (Å²) >= 11 is 9.65. The van der Waals surface area contributed by atoms with Crippen molar-refractivity contribution >= 4 is 33.2 Å². The molecule has 5 heteroatoms. The summed E-state index contributed by atoms with van der Waals surface area (Å²) in [5.41, 5.74) is 9.30. The van der Waals surface area contributed by atoms with Gasteiger partial charge in [0, 0.05) is 27.3 Å². The van der Waals surface area contributed by atoms with Crippen LogP contribution in [0.1, 0.15) is 22.7 Å². The van der Waals surface area contributed by atoms with Gasteiger partial charge in [0.05, 0.1) is 6.04 Å². The molecule has 1 unspecified atom stereocenters. The Hall–Kier alpha value is -1.10. The molecule has 2 rings (SSSR count). The van der Waals surface area contributed by atoms with Gasteiger partial charge in [-0.05, 0) is 49.2 Å². The first-order valence-electron chi connectivity index (χ1n) is 6.61. The van der Waals surface area contributed by atoms with Crippen LogP contribution in [0.3, 0.4) is 0 Å². The van der Waals surface area contributed by atoms with Crippen LogP contribution in [0.5, 0.6) is 0 Å². The molecule has 0 bridgehead atoms. The van der Waals surface area contributed by atoms with Crippen molar-refractivity contribution in [2.75, 3.05) is 11.9 Å². The molecule has 21 heavy (non-hydrogen) atoms. The molecule has 0 saturated heterocycles. The van der Waals surface area contributed by atoms with Crippen LogP contribution in [0, 0.1) is 19.7 Å². The summed E-state index contributed by atoms with van der Waals surface area (Å²) in [6.07, 6.45) is 0. The van der Waals surface area contributed by atoms with E-state index in [4.69, 9.17) is 17.3 Å². The maximum absolute atomic E-state index is 14.0. The molecule has 2 aromatic rings. The monoisotopic (exact) mass is 370 g/mol. The van der Waals surface area contributed by atoms with Crippen LogP contribution in [0.15, 0.2) is 34.8 Å². The highest BCUT2D eigenvalue weighted by molar-refractivity contribution is 9.10. The Kier molecular flexibility index (Phi) is 5.25. The Morgan fingerprint density at radius 3 is 2.43 bits per heavy atom. The smallest absolute Gasteiger partial charge is 0.130 e. The molecule has 0 saturated carbocycles. The Balaban J connectivity index is 2.36. The number of anilines is 1. The summed E-state index contributed by atoms with van der Waals surface area (Å²) in [4.78, 5) is 0. The fraction of sp³-hybridized carbons (Fsp3) is 0.250. The van der Waals surface area contributed by atoms with Crippen molar-refractivity contribution in [3.63, 3.8) is 0 Å². The van der Waals surface area contributed by atoms with Gasteiger partial charge in [0.25, 0.3) is 0 Å². The zero-order valence-electron chi connectivity index (χ0n) is 11.9. The molecular formula is C16H17BrClFN2. The third-order valence-electron chi connectivity index (χ3n) is 3.36. The van der Waals surface area contributed by atoms with Crippen LogP contribution in [0.25, 0.3) is 0 Å². The molecule has 0 aromatic heterocycles. The first-order valence-corrected chi connectivity index (χ1v) is 7.78. The van der Waals surface area contributed by atoms with Crippen LogP contribution >= 0.6 is 27.5 Å². The number of aryl methyl sites for hydroxylation is 2. The lowest BCUT2D eigenvalue weighted by atomic mass is 10.0. The third-order valence-corrected chi connectivity index (χ3v) is 4.94. The highest BCUT2D eigenvalue weighted by Gasteiger charge is 2.18. The van der Waals surface area contributed by atoms with Gasteiger partial charge in [0.2, 0.25) is 0 Å². The molecular weight excluding hydrogens is 355 g/mol. The fourth-order valence-corrected chi connectivity index (χ4v) is 2.85. The van der Waals surface area contributed by atoms with Crippen molar-refractivity contribution in [3.05, 3.63) is 62.3 Å². The highest BCUT2D eigenvalue weighted by atomic mass is 79.9. The Labute approximate surface area is 137 Å². The molecule has 0 amide bonds. The fourth-order valence-electron chi connectivity index (χ4n) is 2.32. The van der Waals surface area contributed by atoms with E-state index in [9.17, 15) is 4.39 Å². The number of rotatable bonds is 4. The summed E-state index contributed by atoms with van der Waals surface area (Å²) in [5, 5.41) is 3.64. The SMILES string of the molecule is Cc1cc(NC(CN)c2c(F)cccc2Cl)cc(C)c1Br. The second-order valence-electron chi connectivity index (χ2n) is 4.99. The van der Waals surface area contributed by atoms with Crippen molar-refractivity contribution in [3.8, 4) is 0 Å². The highest BCUT2D eigenvalue weighted by Crippen LogP contribution is 2.30. The van der Waals surface area contributed by atoms with Gasteiger partial charge in [-0.1, -0.05) is 33.6 Å². The van der Waals surface area contributed by atoms with Gasteiger partial charge in [0.1, 0.15) is 5.82 Å². The van der Waals surface area contributed by atoms with E-state index in [1.54, 1.807) is 12.1 Å². The number of nitrogens with two attached hydrogens (primary N) is 1. The Bertz CT molecular complexity index is 617. The zero-order valence-corrected chi connectivity index (χ0v) is 14.2. The summed E-state index contributed by atoms with van der Waals surface area (Å²) in [7, 11) is 0. The molecule has 0 aliphatic heterocycles. The Morgan fingerprint density at radius 1 is 1.29 bits per heavy atom. The van der Waals surface area contributed by atoms with E-state index in [2.05, 4.69) is 21.2 Å². The van der Waals surface area contributed by atoms with Crippen molar-refractivity contribution in [1.82, 2.24) is 0 Å². The summed E-state index contributed by atoms with van der Waals surface area (Å²) in [6.45, 7) is 4.26. The van der Waals surface area contributed by atoms with Gasteiger partial charge < -0.3 is 11.1 Å². The molecule has 0 radical (unpaired) electrons. The van der Waals surface area contributed by atoms with Gasteiger partial charge in [-0.3, -0.25) is 0 Å². The largest absolute Gasteiger partial charge is 0.377 e. The first kappa shape index (κ1) is 16.3. The van der Waals surface area contributed by atoms with Crippen LogP contribution < -0.4 is 11.1 Å². The second kappa shape index (κ2) is 6.77. The topological polar surface area (TPSA) is 38.0 Å². The average molecular weight is 372 g/mol. The van der Waals surface area contributed by atoms with Crippen LogP contribution in [0.4, 0.5) is 10.1 Å². The predicted octanol–water partition coefficient (Wildman–Crippen LogP) is 4.97. The van der Waals surface area contributed by atoms with E-state index in [0.29, 0.717) is 10.6 Å². The molecule has 0 aliphatic rings. The van der Waals surface area contributed by atoms with Crippen LogP contribution in [-0.4, -0.2) is 6.54 Å². The minimum atomic E-state index is -0.376. The van der Waals surface area contributed by atoms with E-state index < -0.39 is 0 Å². The van der Waals surface area contributed by atoms with E-state index in [-0.39, 0.29) is 18.4 Å². The minimum absolute atomic E-state index is 0.245. The number of benzene rings is 2. The van der Waals surface area contributed by atoms with Crippen LogP contribution in [-0.2, 0) is 0 Å². The molecule has 112 valence electrons. The lowest BCUT2D eigenvalue weighted by Crippen LogP contribution is -2.22. The third kappa shape index (κ3) is 3.57. The number of hydrogen-bond acceptors (Lipinski definition) is 2. The van der Waals surface area contributed by atoms with E-state index in [0.717, 1.165) is 21.3 Å². The normalized spacial score (nSPS) is 12.3. The molecule has 0 spiro atoms.